The summed E-state index contributed by atoms with van der Waals surface area (Å²) in [4.78, 5) is 6.95. The van der Waals surface area contributed by atoms with Crippen LogP contribution in [0.5, 0.6) is 11.5 Å². The molecule has 2 N–H and O–H groups in total. The molecule has 160 valence electrons. The Morgan fingerprint density at radius 2 is 1.93 bits per heavy atom. The predicted octanol–water partition coefficient (Wildman–Crippen LogP) is 3.40. The van der Waals surface area contributed by atoms with Crippen LogP contribution in [-0.2, 0) is 6.42 Å². The Kier molecular flexibility index (Phi) is 7.08. The number of guanidine groups is 1. The lowest BCUT2D eigenvalue weighted by molar-refractivity contribution is 0.297. The van der Waals surface area contributed by atoms with E-state index in [0.29, 0.717) is 19.1 Å². The molecule has 0 aliphatic carbocycles. The highest BCUT2D eigenvalue weighted by molar-refractivity contribution is 5.93. The van der Waals surface area contributed by atoms with E-state index in [1.54, 1.807) is 7.05 Å². The number of likely N-dealkylation sites (tertiary alicyclic amines) is 1. The molecule has 4 rings (SSSR count). The summed E-state index contributed by atoms with van der Waals surface area (Å²) in [5, 5.41) is 6.86. The summed E-state index contributed by atoms with van der Waals surface area (Å²) in [5.74, 6) is 3.02. The minimum atomic E-state index is 0.642. The highest BCUT2D eigenvalue weighted by Gasteiger charge is 2.22. The Balaban J connectivity index is 1.23. The van der Waals surface area contributed by atoms with E-state index in [2.05, 4.69) is 50.9 Å². The first-order chi connectivity index (χ1) is 14.8. The third-order valence-electron chi connectivity index (χ3n) is 5.72. The van der Waals surface area contributed by atoms with Gasteiger partial charge in [0.2, 0.25) is 0 Å². The lowest BCUT2D eigenvalue weighted by atomic mass is 10.1. The predicted molar refractivity (Wildman–Crippen MR) is 122 cm³/mol. The van der Waals surface area contributed by atoms with Crippen molar-refractivity contribution in [3.05, 3.63) is 54.1 Å². The number of benzene rings is 2. The van der Waals surface area contributed by atoms with Crippen LogP contribution < -0.4 is 20.1 Å². The van der Waals surface area contributed by atoms with Gasteiger partial charge in [-0.05, 0) is 43.0 Å². The molecule has 6 nitrogen and oxygen atoms in total. The van der Waals surface area contributed by atoms with Gasteiger partial charge in [0.15, 0.2) is 17.5 Å². The van der Waals surface area contributed by atoms with Gasteiger partial charge in [-0.25, -0.2) is 0 Å². The smallest absolute Gasteiger partial charge is 0.195 e. The fourth-order valence-corrected chi connectivity index (χ4v) is 4.01. The van der Waals surface area contributed by atoms with E-state index in [1.807, 2.05) is 18.2 Å². The molecule has 0 aromatic heterocycles. The van der Waals surface area contributed by atoms with Crippen LogP contribution in [0.25, 0.3) is 0 Å². The van der Waals surface area contributed by atoms with Gasteiger partial charge in [-0.1, -0.05) is 30.3 Å². The zero-order chi connectivity index (χ0) is 20.6. The molecule has 0 saturated carbocycles. The molecule has 6 heteroatoms. The Morgan fingerprint density at radius 3 is 2.77 bits per heavy atom. The largest absolute Gasteiger partial charge is 0.490 e. The zero-order valence-electron chi connectivity index (χ0n) is 17.8. The quantitative estimate of drug-likeness (QED) is 0.567. The zero-order valence-corrected chi connectivity index (χ0v) is 17.8. The Labute approximate surface area is 179 Å². The lowest BCUT2D eigenvalue weighted by Gasteiger charge is -2.18. The molecule has 1 fully saturated rings. The first kappa shape index (κ1) is 20.5. The molecule has 30 heavy (non-hydrogen) atoms. The van der Waals surface area contributed by atoms with Gasteiger partial charge in [0.1, 0.15) is 0 Å². The Morgan fingerprint density at radius 1 is 1.10 bits per heavy atom. The average molecular weight is 409 g/mol. The number of anilines is 1. The van der Waals surface area contributed by atoms with E-state index < -0.39 is 0 Å². The molecule has 1 saturated heterocycles. The Bertz CT molecular complexity index is 840. The maximum Gasteiger partial charge on any atom is 0.195 e. The van der Waals surface area contributed by atoms with E-state index >= 15 is 0 Å². The van der Waals surface area contributed by atoms with E-state index in [1.165, 1.54) is 18.5 Å². The van der Waals surface area contributed by atoms with E-state index in [9.17, 15) is 0 Å². The van der Waals surface area contributed by atoms with Crippen LogP contribution in [0.15, 0.2) is 53.5 Å². The second-order valence-electron chi connectivity index (χ2n) is 7.98. The minimum Gasteiger partial charge on any atom is -0.490 e. The second kappa shape index (κ2) is 10.3. The Hall–Kier alpha value is -2.73. The first-order valence-corrected chi connectivity index (χ1v) is 10.9. The van der Waals surface area contributed by atoms with Crippen molar-refractivity contribution in [1.29, 1.82) is 0 Å². The van der Waals surface area contributed by atoms with Crippen LogP contribution in [0.4, 0.5) is 5.69 Å². The van der Waals surface area contributed by atoms with E-state index in [0.717, 1.165) is 55.6 Å². The number of hydrogen-bond donors (Lipinski definition) is 2. The van der Waals surface area contributed by atoms with Gasteiger partial charge in [-0.2, -0.15) is 0 Å². The fourth-order valence-electron chi connectivity index (χ4n) is 4.01. The van der Waals surface area contributed by atoms with Crippen LogP contribution in [-0.4, -0.2) is 57.3 Å². The summed E-state index contributed by atoms with van der Waals surface area (Å²) in [6, 6.07) is 16.7. The number of rotatable bonds is 6. The third-order valence-corrected chi connectivity index (χ3v) is 5.72. The van der Waals surface area contributed by atoms with E-state index in [4.69, 9.17) is 9.47 Å². The number of nitrogens with zero attached hydrogens (tertiary/aromatic N) is 2. The maximum absolute atomic E-state index is 5.78. The molecule has 2 aromatic carbocycles. The fraction of sp³-hybridized carbons (Fsp3) is 0.458. The second-order valence-corrected chi connectivity index (χ2v) is 7.98. The number of hydrogen-bond acceptors (Lipinski definition) is 4. The van der Waals surface area contributed by atoms with Crippen molar-refractivity contribution in [2.24, 2.45) is 10.9 Å². The molecular weight excluding hydrogens is 376 g/mol. The van der Waals surface area contributed by atoms with E-state index in [-0.39, 0.29) is 0 Å². The van der Waals surface area contributed by atoms with Crippen LogP contribution in [0.3, 0.4) is 0 Å². The summed E-state index contributed by atoms with van der Waals surface area (Å²) in [6.45, 7) is 5.75. The molecule has 1 atom stereocenters. The van der Waals surface area contributed by atoms with Crippen molar-refractivity contribution in [3.8, 4) is 11.5 Å². The highest BCUT2D eigenvalue weighted by Crippen LogP contribution is 2.32. The van der Waals surface area contributed by atoms with Gasteiger partial charge < -0.3 is 25.0 Å². The summed E-state index contributed by atoms with van der Waals surface area (Å²) in [6.07, 6.45) is 3.25. The number of aliphatic imine (C=N–C) groups is 1. The van der Waals surface area contributed by atoms with Crippen molar-refractivity contribution >= 4 is 11.6 Å². The molecule has 2 aliphatic heterocycles. The SMILES string of the molecule is CN=C(NCC1CCN(CCc2ccccc2)C1)Nc1ccc2c(c1)OCCCO2. The van der Waals surface area contributed by atoms with Crippen molar-refractivity contribution < 1.29 is 9.47 Å². The monoisotopic (exact) mass is 408 g/mol. The molecular formula is C24H32N4O2. The molecule has 0 bridgehead atoms. The molecule has 2 heterocycles. The summed E-state index contributed by atoms with van der Waals surface area (Å²) in [7, 11) is 1.80. The van der Waals surface area contributed by atoms with Gasteiger partial charge in [0.25, 0.3) is 0 Å². The molecule has 2 aromatic rings. The molecule has 0 amide bonds. The molecule has 2 aliphatic rings. The van der Waals surface area contributed by atoms with Crippen LogP contribution in [0.1, 0.15) is 18.4 Å². The lowest BCUT2D eigenvalue weighted by Crippen LogP contribution is -2.35. The number of fused-ring (bicyclic) bond motifs is 1. The topological polar surface area (TPSA) is 58.1 Å². The normalized spacial score (nSPS) is 19.4. The van der Waals surface area contributed by atoms with Crippen LogP contribution in [0, 0.1) is 5.92 Å². The maximum atomic E-state index is 5.78. The van der Waals surface area contributed by atoms with Crippen molar-refractivity contribution in [3.63, 3.8) is 0 Å². The highest BCUT2D eigenvalue weighted by atomic mass is 16.5. The molecule has 0 radical (unpaired) electrons. The summed E-state index contributed by atoms with van der Waals surface area (Å²) in [5.41, 5.74) is 2.36. The number of nitrogens with one attached hydrogen (secondary N) is 2. The number of ether oxygens (including phenoxy) is 2. The van der Waals surface area contributed by atoms with Gasteiger partial charge >= 0.3 is 0 Å². The van der Waals surface area contributed by atoms with Crippen molar-refractivity contribution in [1.82, 2.24) is 10.2 Å². The third kappa shape index (κ3) is 5.66. The van der Waals surface area contributed by atoms with Crippen LogP contribution in [0.2, 0.25) is 0 Å². The summed E-state index contributed by atoms with van der Waals surface area (Å²) >= 11 is 0. The standard InChI is InChI=1S/C24H32N4O2/c1-25-24(27-21-8-9-22-23(16-21)30-15-5-14-29-22)26-17-20-11-13-28(18-20)12-10-19-6-3-2-4-7-19/h2-4,6-9,16,20H,5,10-15,17-18H2,1H3,(H2,25,26,27). The van der Waals surface area contributed by atoms with Gasteiger partial charge in [0, 0.05) is 44.9 Å². The van der Waals surface area contributed by atoms with Crippen molar-refractivity contribution in [2.75, 3.05) is 51.8 Å². The molecule has 0 spiro atoms. The van der Waals surface area contributed by atoms with Gasteiger partial charge in [-0.3, -0.25) is 4.99 Å². The summed E-state index contributed by atoms with van der Waals surface area (Å²) < 4.78 is 11.5. The van der Waals surface area contributed by atoms with Gasteiger partial charge in [0.05, 0.1) is 13.2 Å². The minimum absolute atomic E-state index is 0.642. The van der Waals surface area contributed by atoms with Crippen molar-refractivity contribution in [2.45, 2.75) is 19.3 Å². The average Bonchev–Trinajstić information content (AvgIpc) is 3.11. The van der Waals surface area contributed by atoms with Crippen LogP contribution >= 0.6 is 0 Å². The first-order valence-electron chi connectivity index (χ1n) is 10.9. The molecule has 1 unspecified atom stereocenters. The van der Waals surface area contributed by atoms with Gasteiger partial charge in [-0.15, -0.1) is 0 Å².